The Kier molecular flexibility index (Phi) is 10.3. The summed E-state index contributed by atoms with van der Waals surface area (Å²) >= 11 is 0. The number of pyridine rings is 1. The smallest absolute Gasteiger partial charge is 0.282 e. The minimum Gasteiger partial charge on any atom is -0.282 e. The monoisotopic (exact) mass is 670 g/mol. The molecule has 4 nitrogen and oxygen atoms in total. The van der Waals surface area contributed by atoms with Gasteiger partial charge < -0.3 is 0 Å². The van der Waals surface area contributed by atoms with Crippen molar-refractivity contribution in [3.05, 3.63) is 84.1 Å². The van der Waals surface area contributed by atoms with Gasteiger partial charge in [-0.25, -0.2) is 0 Å². The molecule has 8 unspecified atom stereocenters. The molecule has 3 aromatic rings. The van der Waals surface area contributed by atoms with Crippen molar-refractivity contribution in [2.45, 2.75) is 123 Å². The Labute approximate surface area is 291 Å². The highest BCUT2D eigenvalue weighted by molar-refractivity contribution is 7.85. The van der Waals surface area contributed by atoms with Gasteiger partial charge in [0.25, 0.3) is 10.1 Å². The van der Waals surface area contributed by atoms with Gasteiger partial charge in [-0.3, -0.25) is 4.55 Å². The first-order chi connectivity index (χ1) is 22.8. The van der Waals surface area contributed by atoms with Gasteiger partial charge in [-0.1, -0.05) is 95.4 Å². The van der Waals surface area contributed by atoms with Gasteiger partial charge >= 0.3 is 0 Å². The lowest BCUT2D eigenvalue weighted by Gasteiger charge is -2.58. The predicted octanol–water partition coefficient (Wildman–Crippen LogP) is 11.0. The molecule has 4 aliphatic rings. The van der Waals surface area contributed by atoms with Crippen LogP contribution in [0.4, 0.5) is 0 Å². The van der Waals surface area contributed by atoms with Crippen molar-refractivity contribution >= 4 is 21.0 Å². The first-order valence-corrected chi connectivity index (χ1v) is 20.4. The van der Waals surface area contributed by atoms with Gasteiger partial charge in [0, 0.05) is 30.4 Å². The molecule has 4 aliphatic carbocycles. The minimum absolute atomic E-state index is 0.0666. The largest absolute Gasteiger partial charge is 0.294 e. The van der Waals surface area contributed by atoms with Crippen molar-refractivity contribution in [1.29, 1.82) is 0 Å². The maximum Gasteiger partial charge on any atom is 0.294 e. The molecule has 0 bridgehead atoms. The molecule has 5 heteroatoms. The first-order valence-electron chi connectivity index (χ1n) is 18.9. The summed E-state index contributed by atoms with van der Waals surface area (Å²) in [6.45, 7) is 14.6. The number of aryl methyl sites for hydroxylation is 1. The molecule has 0 amide bonds. The Bertz CT molecular complexity index is 1710. The summed E-state index contributed by atoms with van der Waals surface area (Å²) in [4.78, 5) is -0.0666. The van der Waals surface area contributed by atoms with Crippen molar-refractivity contribution in [3.63, 3.8) is 0 Å². The molecule has 3 saturated carbocycles. The van der Waals surface area contributed by atoms with E-state index in [2.05, 4.69) is 87.9 Å². The van der Waals surface area contributed by atoms with Crippen LogP contribution in [0.15, 0.2) is 83.4 Å². The molecule has 2 aromatic carbocycles. The van der Waals surface area contributed by atoms with Crippen LogP contribution in [0.2, 0.25) is 0 Å². The zero-order valence-electron chi connectivity index (χ0n) is 30.4. The number of nitrogens with zero attached hydrogens (tertiary/aromatic N) is 1. The maximum absolute atomic E-state index is 10.5. The summed E-state index contributed by atoms with van der Waals surface area (Å²) in [6.07, 6.45) is 20.7. The standard InChI is InChI=1S/C36H52N.C7H8O3S/c1-25(2)10-8-11-26(3)31-17-18-32-30-16-15-28-24-29(37-23-9-13-27-12-6-7-14-34(27)37)19-21-35(28,4)33(30)20-22-36(31,32)5;1-6-2-4-7(5-3-6)11(8,9)10/h6-7,9,12-15,23,25-26,29-33H,8,10-11,16-22,24H2,1-5H3;2-5H,1H3,(H,8,9,10)/q+1;. The first kappa shape index (κ1) is 35.3. The van der Waals surface area contributed by atoms with Crippen LogP contribution in [-0.2, 0) is 10.1 Å². The number of hydrogen-bond acceptors (Lipinski definition) is 2. The van der Waals surface area contributed by atoms with E-state index in [9.17, 15) is 8.42 Å². The van der Waals surface area contributed by atoms with Crippen LogP contribution in [-0.4, -0.2) is 13.0 Å². The van der Waals surface area contributed by atoms with E-state index in [1.54, 1.807) is 12.1 Å². The summed E-state index contributed by atoms with van der Waals surface area (Å²) in [7, 11) is -4.02. The van der Waals surface area contributed by atoms with Crippen LogP contribution in [0, 0.1) is 53.3 Å². The average molecular weight is 671 g/mol. The summed E-state index contributed by atoms with van der Waals surface area (Å²) in [5.74, 6) is 5.53. The molecule has 0 radical (unpaired) electrons. The number of allylic oxidation sites excluding steroid dienone is 2. The third-order valence-corrected chi connectivity index (χ3v) is 14.6. The Balaban J connectivity index is 0.000000312. The molecular weight excluding hydrogens is 611 g/mol. The van der Waals surface area contributed by atoms with Crippen molar-refractivity contribution in [2.24, 2.45) is 46.3 Å². The molecule has 0 spiro atoms. The van der Waals surface area contributed by atoms with Gasteiger partial charge in [0.1, 0.15) is 0 Å². The lowest BCUT2D eigenvalue weighted by molar-refractivity contribution is -0.700. The zero-order chi connectivity index (χ0) is 34.3. The van der Waals surface area contributed by atoms with E-state index < -0.39 is 10.1 Å². The van der Waals surface area contributed by atoms with Gasteiger partial charge in [-0.15, -0.1) is 0 Å². The highest BCUT2D eigenvalue weighted by Crippen LogP contribution is 2.67. The van der Waals surface area contributed by atoms with E-state index in [0.29, 0.717) is 16.9 Å². The lowest BCUT2D eigenvalue weighted by atomic mass is 9.47. The molecule has 7 rings (SSSR count). The van der Waals surface area contributed by atoms with Gasteiger partial charge in [-0.2, -0.15) is 13.0 Å². The fourth-order valence-corrected chi connectivity index (χ4v) is 11.6. The second-order valence-corrected chi connectivity index (χ2v) is 18.4. The molecule has 1 heterocycles. The molecule has 0 aliphatic heterocycles. The maximum atomic E-state index is 10.5. The third-order valence-electron chi connectivity index (χ3n) is 13.7. The Morgan fingerprint density at radius 3 is 2.33 bits per heavy atom. The van der Waals surface area contributed by atoms with Crippen LogP contribution >= 0.6 is 0 Å². The quantitative estimate of drug-likeness (QED) is 0.155. The second kappa shape index (κ2) is 14.0. The third kappa shape index (κ3) is 6.93. The van der Waals surface area contributed by atoms with E-state index in [0.717, 1.165) is 41.1 Å². The molecule has 1 aromatic heterocycles. The number of fused-ring (bicyclic) bond motifs is 6. The van der Waals surface area contributed by atoms with Crippen molar-refractivity contribution in [1.82, 2.24) is 0 Å². The fraction of sp³-hybridized carbons (Fsp3) is 0.605. The molecule has 0 saturated heterocycles. The van der Waals surface area contributed by atoms with E-state index in [-0.39, 0.29) is 4.90 Å². The van der Waals surface area contributed by atoms with E-state index in [1.165, 1.54) is 93.7 Å². The van der Waals surface area contributed by atoms with Gasteiger partial charge in [-0.05, 0) is 116 Å². The minimum atomic E-state index is -4.02. The van der Waals surface area contributed by atoms with Crippen LogP contribution in [0.3, 0.4) is 0 Å². The number of hydrogen-bond donors (Lipinski definition) is 1. The normalized spacial score (nSPS) is 32.0. The van der Waals surface area contributed by atoms with Gasteiger partial charge in [0.2, 0.25) is 5.52 Å². The Hall–Kier alpha value is -2.50. The number of benzene rings is 2. The average Bonchev–Trinajstić information content (AvgIpc) is 3.41. The van der Waals surface area contributed by atoms with Crippen LogP contribution < -0.4 is 4.57 Å². The summed E-state index contributed by atoms with van der Waals surface area (Å²) < 4.78 is 32.2. The number of rotatable bonds is 7. The Morgan fingerprint density at radius 2 is 1.60 bits per heavy atom. The Morgan fingerprint density at radius 1 is 0.875 bits per heavy atom. The number of para-hydroxylation sites is 1. The zero-order valence-corrected chi connectivity index (χ0v) is 31.2. The molecule has 3 fully saturated rings. The van der Waals surface area contributed by atoms with Crippen molar-refractivity contribution in [3.8, 4) is 0 Å². The lowest BCUT2D eigenvalue weighted by Crippen LogP contribution is -2.52. The molecular formula is C43H60NO3S+. The van der Waals surface area contributed by atoms with E-state index in [1.807, 2.05) is 12.5 Å². The SMILES string of the molecule is CC(C)CCCC(C)C1CCC2C3CC=C4CC([n+]5cccc6ccccc65)CCC4(C)C3CCC12C.Cc1ccc(S(=O)(=O)O)cc1. The fourth-order valence-electron chi connectivity index (χ4n) is 11.1. The number of aromatic nitrogens is 1. The van der Waals surface area contributed by atoms with Crippen LogP contribution in [0.25, 0.3) is 10.9 Å². The summed E-state index contributed by atoms with van der Waals surface area (Å²) in [5.41, 5.74) is 5.20. The van der Waals surface area contributed by atoms with Crippen molar-refractivity contribution < 1.29 is 17.5 Å². The summed E-state index contributed by atoms with van der Waals surface area (Å²) in [5, 5.41) is 1.37. The van der Waals surface area contributed by atoms with E-state index >= 15 is 0 Å². The topological polar surface area (TPSA) is 58.2 Å². The predicted molar refractivity (Wildman–Crippen MR) is 197 cm³/mol. The van der Waals surface area contributed by atoms with Gasteiger partial charge in [0.05, 0.1) is 4.90 Å². The highest BCUT2D eigenvalue weighted by atomic mass is 32.2. The highest BCUT2D eigenvalue weighted by Gasteiger charge is 2.59. The van der Waals surface area contributed by atoms with Crippen molar-refractivity contribution in [2.75, 3.05) is 0 Å². The second-order valence-electron chi connectivity index (χ2n) is 16.9. The van der Waals surface area contributed by atoms with E-state index in [4.69, 9.17) is 4.55 Å². The molecule has 48 heavy (non-hydrogen) atoms. The molecule has 8 atom stereocenters. The summed E-state index contributed by atoms with van der Waals surface area (Å²) in [6, 6.07) is 20.1. The van der Waals surface area contributed by atoms with Crippen LogP contribution in [0.1, 0.15) is 117 Å². The molecule has 260 valence electrons. The van der Waals surface area contributed by atoms with Gasteiger partial charge in [0.15, 0.2) is 12.2 Å². The van der Waals surface area contributed by atoms with Crippen LogP contribution in [0.5, 0.6) is 0 Å². The molecule has 1 N–H and O–H groups in total.